The van der Waals surface area contributed by atoms with Gasteiger partial charge in [-0.2, -0.15) is 0 Å². The lowest BCUT2D eigenvalue weighted by atomic mass is 9.94. The second-order valence-corrected chi connectivity index (χ2v) is 8.78. The highest BCUT2D eigenvalue weighted by molar-refractivity contribution is 5.96. The average molecular weight is 406 g/mol. The van der Waals surface area contributed by atoms with E-state index in [4.69, 9.17) is 4.74 Å². The summed E-state index contributed by atoms with van der Waals surface area (Å²) in [4.78, 5) is 19.8. The number of piperidine rings is 1. The van der Waals surface area contributed by atoms with Crippen LogP contribution in [0.5, 0.6) is 11.5 Å². The molecule has 2 aromatic carbocycles. The average Bonchev–Trinajstić information content (AvgIpc) is 2.98. The van der Waals surface area contributed by atoms with E-state index < -0.39 is 0 Å². The van der Waals surface area contributed by atoms with Gasteiger partial charge in [-0.3, -0.25) is 4.79 Å². The van der Waals surface area contributed by atoms with Crippen molar-refractivity contribution >= 4 is 17.3 Å². The highest BCUT2D eigenvalue weighted by Crippen LogP contribution is 2.50. The lowest BCUT2D eigenvalue weighted by Gasteiger charge is -2.45. The smallest absolute Gasteiger partial charge is 0.253 e. The molecule has 2 fully saturated rings. The number of carbonyl (C=O) groups is 1. The normalized spacial score (nSPS) is 24.8. The molecule has 158 valence electrons. The first-order valence-electron chi connectivity index (χ1n) is 11.3. The van der Waals surface area contributed by atoms with Gasteiger partial charge >= 0.3 is 0 Å². The Morgan fingerprint density at radius 1 is 0.967 bits per heavy atom. The molecule has 30 heavy (non-hydrogen) atoms. The van der Waals surface area contributed by atoms with Gasteiger partial charge in [-0.05, 0) is 76.9 Å². The van der Waals surface area contributed by atoms with Crippen molar-refractivity contribution in [3.63, 3.8) is 0 Å². The predicted molar refractivity (Wildman–Crippen MR) is 120 cm³/mol. The minimum absolute atomic E-state index is 0.0640. The number of carbonyl (C=O) groups excluding carboxylic acids is 1. The molecule has 2 unspecified atom stereocenters. The van der Waals surface area contributed by atoms with Crippen molar-refractivity contribution < 1.29 is 9.53 Å². The van der Waals surface area contributed by atoms with Crippen molar-refractivity contribution in [3.05, 3.63) is 48.0 Å². The summed E-state index contributed by atoms with van der Waals surface area (Å²) < 4.78 is 6.30. The van der Waals surface area contributed by atoms with Gasteiger partial charge in [0.25, 0.3) is 5.91 Å². The molecule has 0 saturated carbocycles. The molecule has 2 bridgehead atoms. The Bertz CT molecular complexity index is 941. The Hall–Kier alpha value is -2.53. The summed E-state index contributed by atoms with van der Waals surface area (Å²) in [5.74, 6) is 1.73. The van der Waals surface area contributed by atoms with Crippen LogP contribution in [0.3, 0.4) is 0 Å². The maximum Gasteiger partial charge on any atom is 0.253 e. The quantitative estimate of drug-likeness (QED) is 0.714. The van der Waals surface area contributed by atoms with Crippen molar-refractivity contribution in [2.45, 2.75) is 57.7 Å². The van der Waals surface area contributed by atoms with E-state index in [0.29, 0.717) is 36.8 Å². The molecule has 0 N–H and O–H groups in total. The van der Waals surface area contributed by atoms with E-state index in [9.17, 15) is 4.79 Å². The summed E-state index contributed by atoms with van der Waals surface area (Å²) >= 11 is 0. The fourth-order valence-corrected chi connectivity index (χ4v) is 5.60. The molecule has 0 aliphatic carbocycles. The SMILES string of the molecule is CCN(CC)C(=O)c1ccc2c(c1)Oc1ccccc1N2C1CC2CCC(C1)N2C. The number of anilines is 2. The van der Waals surface area contributed by atoms with Crippen molar-refractivity contribution in [2.24, 2.45) is 0 Å². The van der Waals surface area contributed by atoms with Gasteiger partial charge in [0.15, 0.2) is 11.5 Å². The van der Waals surface area contributed by atoms with Crippen LogP contribution in [-0.4, -0.2) is 54.0 Å². The van der Waals surface area contributed by atoms with Crippen LogP contribution in [0.2, 0.25) is 0 Å². The maximum absolute atomic E-state index is 12.9. The highest BCUT2D eigenvalue weighted by Gasteiger charge is 2.42. The summed E-state index contributed by atoms with van der Waals surface area (Å²) in [6.45, 7) is 5.45. The number of amides is 1. The Morgan fingerprint density at radius 2 is 1.63 bits per heavy atom. The number of hydrogen-bond acceptors (Lipinski definition) is 4. The zero-order valence-electron chi connectivity index (χ0n) is 18.2. The summed E-state index contributed by atoms with van der Waals surface area (Å²) in [7, 11) is 2.28. The molecule has 3 heterocycles. The third-order valence-electron chi connectivity index (χ3n) is 7.30. The zero-order valence-corrected chi connectivity index (χ0v) is 18.2. The molecule has 2 saturated heterocycles. The molecular weight excluding hydrogens is 374 g/mol. The van der Waals surface area contributed by atoms with Crippen molar-refractivity contribution in [1.82, 2.24) is 9.80 Å². The van der Waals surface area contributed by atoms with E-state index in [0.717, 1.165) is 22.9 Å². The van der Waals surface area contributed by atoms with Gasteiger partial charge in [0.05, 0.1) is 11.4 Å². The molecule has 3 aliphatic rings. The molecule has 5 nitrogen and oxygen atoms in total. The minimum atomic E-state index is 0.0640. The fraction of sp³-hybridized carbons (Fsp3) is 0.480. The van der Waals surface area contributed by atoms with E-state index in [1.165, 1.54) is 25.7 Å². The molecule has 3 aliphatic heterocycles. The topological polar surface area (TPSA) is 36.0 Å². The number of rotatable bonds is 4. The molecule has 2 atom stereocenters. The van der Waals surface area contributed by atoms with Gasteiger partial charge in [0.2, 0.25) is 0 Å². The van der Waals surface area contributed by atoms with E-state index in [-0.39, 0.29) is 5.91 Å². The summed E-state index contributed by atoms with van der Waals surface area (Å²) in [6.07, 6.45) is 4.93. The van der Waals surface area contributed by atoms with E-state index in [1.807, 2.05) is 43.0 Å². The van der Waals surface area contributed by atoms with Crippen LogP contribution < -0.4 is 9.64 Å². The first-order chi connectivity index (χ1) is 14.6. The Morgan fingerprint density at radius 3 is 2.33 bits per heavy atom. The monoisotopic (exact) mass is 405 g/mol. The van der Waals surface area contributed by atoms with Crippen LogP contribution in [-0.2, 0) is 0 Å². The summed E-state index contributed by atoms with van der Waals surface area (Å²) in [6, 6.07) is 16.1. The van der Waals surface area contributed by atoms with Crippen LogP contribution >= 0.6 is 0 Å². The van der Waals surface area contributed by atoms with Crippen LogP contribution in [0.25, 0.3) is 0 Å². The van der Waals surface area contributed by atoms with E-state index in [2.05, 4.69) is 35.0 Å². The second kappa shape index (κ2) is 7.62. The molecule has 2 aromatic rings. The number of fused-ring (bicyclic) bond motifs is 4. The molecule has 1 amide bonds. The van der Waals surface area contributed by atoms with Crippen LogP contribution in [0.4, 0.5) is 11.4 Å². The van der Waals surface area contributed by atoms with Gasteiger partial charge in [-0.25, -0.2) is 0 Å². The number of para-hydroxylation sites is 2. The largest absolute Gasteiger partial charge is 0.453 e. The fourth-order valence-electron chi connectivity index (χ4n) is 5.60. The van der Waals surface area contributed by atoms with Crippen molar-refractivity contribution in [3.8, 4) is 11.5 Å². The summed E-state index contributed by atoms with van der Waals surface area (Å²) in [5, 5.41) is 0. The first-order valence-corrected chi connectivity index (χ1v) is 11.3. The van der Waals surface area contributed by atoms with Crippen LogP contribution in [0.15, 0.2) is 42.5 Å². The van der Waals surface area contributed by atoms with Crippen LogP contribution in [0, 0.1) is 0 Å². The lowest BCUT2D eigenvalue weighted by molar-refractivity contribution is 0.0772. The summed E-state index contributed by atoms with van der Waals surface area (Å²) in [5.41, 5.74) is 2.92. The molecule has 0 aromatic heterocycles. The number of hydrogen-bond donors (Lipinski definition) is 0. The second-order valence-electron chi connectivity index (χ2n) is 8.78. The van der Waals surface area contributed by atoms with E-state index >= 15 is 0 Å². The molecule has 5 rings (SSSR count). The molecular formula is C25H31N3O2. The van der Waals surface area contributed by atoms with Crippen molar-refractivity contribution in [1.29, 1.82) is 0 Å². The molecule has 0 spiro atoms. The first kappa shape index (κ1) is 19.4. The Labute approximate surface area is 179 Å². The van der Waals surface area contributed by atoms with E-state index in [1.54, 1.807) is 0 Å². The lowest BCUT2D eigenvalue weighted by Crippen LogP contribution is -2.48. The maximum atomic E-state index is 12.9. The van der Waals surface area contributed by atoms with Gasteiger partial charge in [-0.1, -0.05) is 12.1 Å². The van der Waals surface area contributed by atoms with Crippen molar-refractivity contribution in [2.75, 3.05) is 25.0 Å². The Balaban J connectivity index is 1.54. The van der Waals surface area contributed by atoms with Gasteiger partial charge < -0.3 is 19.4 Å². The zero-order chi connectivity index (χ0) is 20.8. The van der Waals surface area contributed by atoms with Gasteiger partial charge in [0.1, 0.15) is 0 Å². The number of ether oxygens (including phenoxy) is 1. The molecule has 0 radical (unpaired) electrons. The Kier molecular flexibility index (Phi) is 4.94. The number of benzene rings is 2. The third kappa shape index (κ3) is 3.07. The van der Waals surface area contributed by atoms with Crippen LogP contribution in [0.1, 0.15) is 49.9 Å². The number of nitrogens with zero attached hydrogens (tertiary/aromatic N) is 3. The molecule has 5 heteroatoms. The highest BCUT2D eigenvalue weighted by atomic mass is 16.5. The van der Waals surface area contributed by atoms with Gasteiger partial charge in [-0.15, -0.1) is 0 Å². The third-order valence-corrected chi connectivity index (χ3v) is 7.30. The predicted octanol–water partition coefficient (Wildman–Crippen LogP) is 5.04. The van der Waals surface area contributed by atoms with Gasteiger partial charge in [0, 0.05) is 36.8 Å². The standard InChI is InChI=1S/C25H31N3O2/c1-4-27(5-2)25(29)17-10-13-22-24(14-17)30-23-9-7-6-8-21(23)28(22)20-15-18-11-12-19(16-20)26(18)3/h6-10,13-14,18-20H,4-5,11-12,15-16H2,1-3H3. The minimum Gasteiger partial charge on any atom is -0.453 e.